The summed E-state index contributed by atoms with van der Waals surface area (Å²) in [5.74, 6) is 0. The van der Waals surface area contributed by atoms with Gasteiger partial charge in [0.2, 0.25) is 0 Å². The molecule has 1 unspecified atom stereocenters. The number of hydrogen-bond donors (Lipinski definition) is 1. The van der Waals surface area contributed by atoms with Crippen LogP contribution in [0.4, 0.5) is 0 Å². The molecule has 94 valence electrons. The van der Waals surface area contributed by atoms with Crippen LogP contribution in [0.3, 0.4) is 0 Å². The highest BCUT2D eigenvalue weighted by molar-refractivity contribution is 5.14. The zero-order valence-electron chi connectivity index (χ0n) is 11.0. The summed E-state index contributed by atoms with van der Waals surface area (Å²) in [5.41, 5.74) is 7.71. The maximum absolute atomic E-state index is 6.17. The van der Waals surface area contributed by atoms with Gasteiger partial charge in [0.1, 0.15) is 0 Å². The van der Waals surface area contributed by atoms with E-state index in [1.165, 1.54) is 76.2 Å². The fraction of sp³-hybridized carbons (Fsp3) is 0.867. The molecule has 2 N–H and O–H groups in total. The summed E-state index contributed by atoms with van der Waals surface area (Å²) in [6.45, 7) is 2.27. The van der Waals surface area contributed by atoms with E-state index in [-0.39, 0.29) is 0 Å². The first-order valence-corrected chi connectivity index (χ1v) is 7.29. The zero-order chi connectivity index (χ0) is 11.6. The number of nitrogens with two attached hydrogens (primary N) is 1. The Morgan fingerprint density at radius 3 is 2.44 bits per heavy atom. The maximum Gasteiger partial charge on any atom is 0.0253 e. The van der Waals surface area contributed by atoms with Gasteiger partial charge in [0.15, 0.2) is 0 Å². The predicted octanol–water partition coefficient (Wildman–Crippen LogP) is 4.56. The van der Waals surface area contributed by atoms with Crippen molar-refractivity contribution in [2.75, 3.05) is 0 Å². The largest absolute Gasteiger partial charge is 0.324 e. The van der Waals surface area contributed by atoms with Crippen LogP contribution in [0.1, 0.15) is 77.6 Å². The highest BCUT2D eigenvalue weighted by Gasteiger charge is 2.11. The molecule has 0 spiro atoms. The topological polar surface area (TPSA) is 26.0 Å². The highest BCUT2D eigenvalue weighted by atomic mass is 14.6. The van der Waals surface area contributed by atoms with Crippen molar-refractivity contribution in [1.82, 2.24) is 0 Å². The number of hydrogen-bond acceptors (Lipinski definition) is 1. The van der Waals surface area contributed by atoms with Gasteiger partial charge < -0.3 is 5.73 Å². The van der Waals surface area contributed by atoms with Crippen molar-refractivity contribution in [2.45, 2.75) is 83.6 Å². The van der Waals surface area contributed by atoms with Gasteiger partial charge in [-0.1, -0.05) is 63.5 Å². The summed E-state index contributed by atoms with van der Waals surface area (Å²) in [7, 11) is 0. The quantitative estimate of drug-likeness (QED) is 0.450. The van der Waals surface area contributed by atoms with Gasteiger partial charge in [-0.2, -0.15) is 0 Å². The first kappa shape index (κ1) is 13.8. The van der Waals surface area contributed by atoms with Gasteiger partial charge in [-0.15, -0.1) is 0 Å². The lowest BCUT2D eigenvalue weighted by Crippen LogP contribution is -2.21. The van der Waals surface area contributed by atoms with Crippen LogP contribution in [-0.4, -0.2) is 6.04 Å². The first-order valence-electron chi connectivity index (χ1n) is 7.29. The Labute approximate surface area is 101 Å². The summed E-state index contributed by atoms with van der Waals surface area (Å²) < 4.78 is 0. The Kier molecular flexibility index (Phi) is 7.58. The molecule has 0 aromatic rings. The van der Waals surface area contributed by atoms with Crippen LogP contribution >= 0.6 is 0 Å². The molecule has 0 saturated carbocycles. The summed E-state index contributed by atoms with van der Waals surface area (Å²) >= 11 is 0. The molecule has 1 nitrogen and oxygen atoms in total. The van der Waals surface area contributed by atoms with Gasteiger partial charge in [-0.05, 0) is 25.7 Å². The van der Waals surface area contributed by atoms with E-state index in [4.69, 9.17) is 5.73 Å². The summed E-state index contributed by atoms with van der Waals surface area (Å²) in [6.07, 6.45) is 17.1. The smallest absolute Gasteiger partial charge is 0.0253 e. The van der Waals surface area contributed by atoms with Crippen molar-refractivity contribution in [2.24, 2.45) is 5.73 Å². The molecule has 0 heterocycles. The lowest BCUT2D eigenvalue weighted by atomic mass is 10.00. The molecule has 0 fully saturated rings. The van der Waals surface area contributed by atoms with Crippen molar-refractivity contribution >= 4 is 0 Å². The standard InChI is InChI=1S/C15H29N/c1-2-3-4-5-6-7-8-13-15(16)14-11-9-10-12-14/h11,15H,2-10,12-13,16H2,1H3. The Hall–Kier alpha value is -0.300. The molecular formula is C15H29N. The monoisotopic (exact) mass is 223 g/mol. The Morgan fingerprint density at radius 2 is 1.81 bits per heavy atom. The minimum absolute atomic E-state index is 0.373. The fourth-order valence-electron chi connectivity index (χ4n) is 2.54. The van der Waals surface area contributed by atoms with Crippen LogP contribution in [0.2, 0.25) is 0 Å². The summed E-state index contributed by atoms with van der Waals surface area (Å²) in [4.78, 5) is 0. The molecule has 0 aromatic heterocycles. The van der Waals surface area contributed by atoms with Gasteiger partial charge >= 0.3 is 0 Å². The average molecular weight is 223 g/mol. The third-order valence-corrected chi connectivity index (χ3v) is 3.67. The molecule has 1 heteroatoms. The molecule has 1 rings (SSSR count). The lowest BCUT2D eigenvalue weighted by Gasteiger charge is -2.12. The second-order valence-electron chi connectivity index (χ2n) is 5.19. The second kappa shape index (κ2) is 8.81. The van der Waals surface area contributed by atoms with Crippen molar-refractivity contribution in [3.05, 3.63) is 11.6 Å². The molecule has 1 aliphatic rings. The van der Waals surface area contributed by atoms with Gasteiger partial charge in [-0.25, -0.2) is 0 Å². The van der Waals surface area contributed by atoms with Gasteiger partial charge in [0.05, 0.1) is 0 Å². The van der Waals surface area contributed by atoms with E-state index >= 15 is 0 Å². The molecule has 0 aromatic carbocycles. The van der Waals surface area contributed by atoms with Crippen molar-refractivity contribution in [1.29, 1.82) is 0 Å². The van der Waals surface area contributed by atoms with Crippen LogP contribution in [0.5, 0.6) is 0 Å². The van der Waals surface area contributed by atoms with Crippen LogP contribution in [0.15, 0.2) is 11.6 Å². The second-order valence-corrected chi connectivity index (χ2v) is 5.19. The van der Waals surface area contributed by atoms with E-state index in [2.05, 4.69) is 13.0 Å². The van der Waals surface area contributed by atoms with E-state index < -0.39 is 0 Å². The molecule has 0 aliphatic heterocycles. The normalized spacial score (nSPS) is 17.5. The van der Waals surface area contributed by atoms with E-state index in [0.29, 0.717) is 6.04 Å². The Balaban J connectivity index is 1.90. The third kappa shape index (κ3) is 5.69. The molecule has 0 bridgehead atoms. The maximum atomic E-state index is 6.17. The lowest BCUT2D eigenvalue weighted by molar-refractivity contribution is 0.550. The summed E-state index contributed by atoms with van der Waals surface area (Å²) in [5, 5.41) is 0. The minimum Gasteiger partial charge on any atom is -0.324 e. The fourth-order valence-corrected chi connectivity index (χ4v) is 2.54. The molecular weight excluding hydrogens is 194 g/mol. The number of unbranched alkanes of at least 4 members (excludes halogenated alkanes) is 6. The van der Waals surface area contributed by atoms with Gasteiger partial charge in [0, 0.05) is 6.04 Å². The van der Waals surface area contributed by atoms with Crippen LogP contribution < -0.4 is 5.73 Å². The Morgan fingerprint density at radius 1 is 1.12 bits per heavy atom. The van der Waals surface area contributed by atoms with Crippen LogP contribution in [0.25, 0.3) is 0 Å². The minimum atomic E-state index is 0.373. The van der Waals surface area contributed by atoms with Crippen molar-refractivity contribution in [3.63, 3.8) is 0 Å². The molecule has 0 saturated heterocycles. The SMILES string of the molecule is CCCCCCCCCC(N)C1=CCCC1. The number of allylic oxidation sites excluding steroid dienone is 1. The number of rotatable bonds is 9. The van der Waals surface area contributed by atoms with Crippen LogP contribution in [-0.2, 0) is 0 Å². The highest BCUT2D eigenvalue weighted by Crippen LogP contribution is 2.22. The van der Waals surface area contributed by atoms with E-state index in [9.17, 15) is 0 Å². The van der Waals surface area contributed by atoms with Crippen molar-refractivity contribution in [3.8, 4) is 0 Å². The average Bonchev–Trinajstić information content (AvgIpc) is 2.81. The van der Waals surface area contributed by atoms with E-state index in [0.717, 1.165) is 0 Å². The van der Waals surface area contributed by atoms with Crippen molar-refractivity contribution < 1.29 is 0 Å². The van der Waals surface area contributed by atoms with Gasteiger partial charge in [-0.3, -0.25) is 0 Å². The predicted molar refractivity (Wildman–Crippen MR) is 72.5 cm³/mol. The summed E-state index contributed by atoms with van der Waals surface area (Å²) in [6, 6.07) is 0.373. The molecule has 1 aliphatic carbocycles. The third-order valence-electron chi connectivity index (χ3n) is 3.67. The zero-order valence-corrected chi connectivity index (χ0v) is 11.0. The molecule has 16 heavy (non-hydrogen) atoms. The van der Waals surface area contributed by atoms with Crippen LogP contribution in [0, 0.1) is 0 Å². The van der Waals surface area contributed by atoms with E-state index in [1.54, 1.807) is 0 Å². The molecule has 0 radical (unpaired) electrons. The first-order chi connectivity index (χ1) is 7.84. The molecule has 0 amide bonds. The van der Waals surface area contributed by atoms with E-state index in [1.807, 2.05) is 0 Å². The Bertz CT molecular complexity index is 196. The van der Waals surface area contributed by atoms with Gasteiger partial charge in [0.25, 0.3) is 0 Å². The molecule has 1 atom stereocenters.